The van der Waals surface area contributed by atoms with Crippen molar-refractivity contribution < 1.29 is 9.53 Å². The normalized spacial score (nSPS) is 9.67. The molecular formula is C7H14O2. The molecule has 0 atom stereocenters. The second kappa shape index (κ2) is 5.60. The molecule has 2 heteroatoms. The van der Waals surface area contributed by atoms with E-state index in [-0.39, 0.29) is 0 Å². The van der Waals surface area contributed by atoms with Crippen molar-refractivity contribution in [1.29, 1.82) is 0 Å². The number of carbonyl (C=O) groups excluding carboxylic acids is 1. The summed E-state index contributed by atoms with van der Waals surface area (Å²) in [5.74, 6) is 0.551. The maximum absolute atomic E-state index is 9.72. The van der Waals surface area contributed by atoms with Crippen LogP contribution >= 0.6 is 0 Å². The van der Waals surface area contributed by atoms with E-state index < -0.39 is 0 Å². The number of carbonyl (C=O) groups is 1. The lowest BCUT2D eigenvalue weighted by molar-refractivity contribution is -0.130. The highest BCUT2D eigenvalue weighted by molar-refractivity contribution is 5.36. The predicted molar refractivity (Wildman–Crippen MR) is 36.1 cm³/mol. The summed E-state index contributed by atoms with van der Waals surface area (Å²) in [5, 5.41) is 0. The van der Waals surface area contributed by atoms with E-state index in [9.17, 15) is 4.79 Å². The first kappa shape index (κ1) is 8.47. The van der Waals surface area contributed by atoms with Crippen LogP contribution in [0.1, 0.15) is 26.7 Å². The van der Waals surface area contributed by atoms with Gasteiger partial charge in [0.15, 0.2) is 0 Å². The van der Waals surface area contributed by atoms with Gasteiger partial charge in [-0.2, -0.15) is 0 Å². The van der Waals surface area contributed by atoms with E-state index in [0.29, 0.717) is 19.0 Å². The van der Waals surface area contributed by atoms with Crippen molar-refractivity contribution in [3.63, 3.8) is 0 Å². The van der Waals surface area contributed by atoms with Crippen molar-refractivity contribution >= 4 is 6.47 Å². The van der Waals surface area contributed by atoms with Crippen molar-refractivity contribution in [2.24, 2.45) is 5.92 Å². The molecule has 0 unspecified atom stereocenters. The minimum Gasteiger partial charge on any atom is -0.468 e. The molecule has 0 radical (unpaired) electrons. The van der Waals surface area contributed by atoms with Gasteiger partial charge in [-0.1, -0.05) is 26.7 Å². The van der Waals surface area contributed by atoms with Gasteiger partial charge in [0, 0.05) is 0 Å². The standard InChI is InChI=1S/C7H14O2/c1-3-7(4-2)5-9-6-8/h6-7H,3-5H2,1-2H3. The fourth-order valence-corrected chi connectivity index (χ4v) is 0.700. The summed E-state index contributed by atoms with van der Waals surface area (Å²) in [4.78, 5) is 9.72. The first-order chi connectivity index (χ1) is 4.35. The summed E-state index contributed by atoms with van der Waals surface area (Å²) in [5.41, 5.74) is 0. The molecule has 0 N–H and O–H groups in total. The third kappa shape index (κ3) is 4.01. The highest BCUT2D eigenvalue weighted by atomic mass is 16.5. The molecule has 0 aliphatic heterocycles. The first-order valence-electron chi connectivity index (χ1n) is 3.40. The summed E-state index contributed by atoms with van der Waals surface area (Å²) in [6.07, 6.45) is 2.18. The van der Waals surface area contributed by atoms with Gasteiger partial charge in [0.2, 0.25) is 0 Å². The van der Waals surface area contributed by atoms with Crippen LogP contribution in [0.2, 0.25) is 0 Å². The Kier molecular flexibility index (Phi) is 5.27. The largest absolute Gasteiger partial charge is 0.468 e. The highest BCUT2D eigenvalue weighted by Gasteiger charge is 2.01. The van der Waals surface area contributed by atoms with Gasteiger partial charge in [0.1, 0.15) is 0 Å². The molecule has 0 aromatic heterocycles. The van der Waals surface area contributed by atoms with E-state index in [0.717, 1.165) is 12.8 Å². The average Bonchev–Trinajstić information content (AvgIpc) is 1.91. The van der Waals surface area contributed by atoms with Crippen LogP contribution in [0.15, 0.2) is 0 Å². The third-order valence-corrected chi connectivity index (χ3v) is 1.55. The summed E-state index contributed by atoms with van der Waals surface area (Å²) < 4.78 is 4.60. The molecule has 0 amide bonds. The minimum absolute atomic E-state index is 0.512. The number of rotatable bonds is 5. The van der Waals surface area contributed by atoms with Crippen LogP contribution in [0.25, 0.3) is 0 Å². The van der Waals surface area contributed by atoms with Gasteiger partial charge in [-0.25, -0.2) is 0 Å². The third-order valence-electron chi connectivity index (χ3n) is 1.55. The summed E-state index contributed by atoms with van der Waals surface area (Å²) in [6.45, 7) is 5.29. The molecule has 0 spiro atoms. The lowest BCUT2D eigenvalue weighted by atomic mass is 10.1. The molecule has 0 aromatic carbocycles. The quantitative estimate of drug-likeness (QED) is 0.528. The van der Waals surface area contributed by atoms with Gasteiger partial charge in [0.05, 0.1) is 6.61 Å². The lowest BCUT2D eigenvalue weighted by Crippen LogP contribution is -2.05. The van der Waals surface area contributed by atoms with Crippen LogP contribution in [-0.2, 0) is 9.53 Å². The number of hydrogen-bond donors (Lipinski definition) is 0. The molecule has 0 aliphatic carbocycles. The Morgan fingerprint density at radius 2 is 2.00 bits per heavy atom. The van der Waals surface area contributed by atoms with Crippen LogP contribution in [0, 0.1) is 5.92 Å². The second-order valence-corrected chi connectivity index (χ2v) is 2.11. The Hall–Kier alpha value is -0.530. The molecule has 9 heavy (non-hydrogen) atoms. The molecule has 54 valence electrons. The topological polar surface area (TPSA) is 26.3 Å². The van der Waals surface area contributed by atoms with E-state index in [4.69, 9.17) is 0 Å². The van der Waals surface area contributed by atoms with Crippen molar-refractivity contribution in [1.82, 2.24) is 0 Å². The van der Waals surface area contributed by atoms with Crippen LogP contribution in [0.5, 0.6) is 0 Å². The van der Waals surface area contributed by atoms with Gasteiger partial charge in [-0.05, 0) is 5.92 Å². The lowest BCUT2D eigenvalue weighted by Gasteiger charge is -2.08. The molecule has 0 aromatic rings. The SMILES string of the molecule is CCC(CC)COC=O. The molecule has 0 saturated carbocycles. The van der Waals surface area contributed by atoms with Crippen LogP contribution in [-0.4, -0.2) is 13.1 Å². The van der Waals surface area contributed by atoms with Crippen LogP contribution in [0.3, 0.4) is 0 Å². The minimum atomic E-state index is 0.512. The summed E-state index contributed by atoms with van der Waals surface area (Å²) in [7, 11) is 0. The number of ether oxygens (including phenoxy) is 1. The van der Waals surface area contributed by atoms with Crippen molar-refractivity contribution in [3.8, 4) is 0 Å². The zero-order valence-corrected chi connectivity index (χ0v) is 6.09. The van der Waals surface area contributed by atoms with Gasteiger partial charge >= 0.3 is 0 Å². The maximum atomic E-state index is 9.72. The molecule has 0 saturated heterocycles. The van der Waals surface area contributed by atoms with Crippen molar-refractivity contribution in [2.75, 3.05) is 6.61 Å². The molecule has 0 bridgehead atoms. The van der Waals surface area contributed by atoms with Crippen molar-refractivity contribution in [2.45, 2.75) is 26.7 Å². The van der Waals surface area contributed by atoms with Crippen LogP contribution < -0.4 is 0 Å². The fourth-order valence-electron chi connectivity index (χ4n) is 0.700. The molecule has 2 nitrogen and oxygen atoms in total. The van der Waals surface area contributed by atoms with Gasteiger partial charge in [0.25, 0.3) is 6.47 Å². The molecule has 0 fully saturated rings. The Morgan fingerprint density at radius 1 is 1.44 bits per heavy atom. The second-order valence-electron chi connectivity index (χ2n) is 2.11. The van der Waals surface area contributed by atoms with E-state index in [1.165, 1.54) is 0 Å². The highest BCUT2D eigenvalue weighted by Crippen LogP contribution is 2.06. The van der Waals surface area contributed by atoms with Gasteiger partial charge in [-0.3, -0.25) is 4.79 Å². The Balaban J connectivity index is 3.19. The average molecular weight is 130 g/mol. The van der Waals surface area contributed by atoms with Crippen molar-refractivity contribution in [3.05, 3.63) is 0 Å². The monoisotopic (exact) mass is 130 g/mol. The first-order valence-corrected chi connectivity index (χ1v) is 3.40. The Morgan fingerprint density at radius 3 is 2.33 bits per heavy atom. The predicted octanol–water partition coefficient (Wildman–Crippen LogP) is 1.60. The van der Waals surface area contributed by atoms with Crippen LogP contribution in [0.4, 0.5) is 0 Å². The summed E-state index contributed by atoms with van der Waals surface area (Å²) in [6, 6.07) is 0. The fraction of sp³-hybridized carbons (Fsp3) is 0.857. The molecule has 0 heterocycles. The van der Waals surface area contributed by atoms with Gasteiger partial charge < -0.3 is 4.74 Å². The molecular weight excluding hydrogens is 116 g/mol. The Labute approximate surface area is 56.2 Å². The maximum Gasteiger partial charge on any atom is 0.293 e. The Bertz CT molecular complexity index is 67.3. The zero-order valence-electron chi connectivity index (χ0n) is 6.09. The van der Waals surface area contributed by atoms with E-state index in [1.54, 1.807) is 0 Å². The smallest absolute Gasteiger partial charge is 0.293 e. The number of hydrogen-bond acceptors (Lipinski definition) is 2. The van der Waals surface area contributed by atoms with E-state index in [1.807, 2.05) is 0 Å². The van der Waals surface area contributed by atoms with E-state index in [2.05, 4.69) is 18.6 Å². The zero-order chi connectivity index (χ0) is 7.11. The molecule has 0 aliphatic rings. The summed E-state index contributed by atoms with van der Waals surface area (Å²) >= 11 is 0. The van der Waals surface area contributed by atoms with E-state index >= 15 is 0 Å². The molecule has 0 rings (SSSR count). The van der Waals surface area contributed by atoms with Gasteiger partial charge in [-0.15, -0.1) is 0 Å².